The minimum atomic E-state index is -3.58. The second kappa shape index (κ2) is 12.7. The number of benzene rings is 2. The number of aromatic nitrogens is 8. The van der Waals surface area contributed by atoms with E-state index in [0.717, 1.165) is 25.7 Å². The largest absolute Gasteiger partial charge is 0.396 e. The molecule has 224 valence electrons. The van der Waals surface area contributed by atoms with Crippen LogP contribution in [0, 0.1) is 23.7 Å². The Bertz CT molecular complexity index is 1550. The Hall–Kier alpha value is -3.60. The molecular weight excluding hydrogens is 584 g/mol. The molecule has 0 bridgehead atoms. The molecule has 14 nitrogen and oxygen atoms in total. The fraction of sp³-hybridized carbons (Fsp3) is 0.462. The lowest BCUT2D eigenvalue weighted by atomic mass is 9.75. The third kappa shape index (κ3) is 6.40. The number of sulfone groups is 2. The summed E-state index contributed by atoms with van der Waals surface area (Å²) in [6.45, 7) is 0.0631. The van der Waals surface area contributed by atoms with Crippen LogP contribution in [0.1, 0.15) is 25.7 Å². The zero-order valence-electron chi connectivity index (χ0n) is 22.7. The Kier molecular flexibility index (Phi) is 9.05. The van der Waals surface area contributed by atoms with Gasteiger partial charge in [-0.25, -0.2) is 16.8 Å². The zero-order valence-corrected chi connectivity index (χ0v) is 24.3. The number of rotatable bonds is 10. The maximum atomic E-state index is 12.5. The molecular formula is C26H32N8O6S2. The van der Waals surface area contributed by atoms with E-state index in [2.05, 4.69) is 31.1 Å². The molecule has 2 aliphatic rings. The molecule has 16 heteroatoms. The van der Waals surface area contributed by atoms with Crippen molar-refractivity contribution in [1.29, 1.82) is 0 Å². The van der Waals surface area contributed by atoms with Crippen LogP contribution < -0.4 is 0 Å². The first kappa shape index (κ1) is 29.9. The summed E-state index contributed by atoms with van der Waals surface area (Å²) < 4.78 is 52.5. The van der Waals surface area contributed by atoms with Crippen LogP contribution in [0.4, 0.5) is 0 Å². The van der Waals surface area contributed by atoms with Crippen LogP contribution in [0.2, 0.25) is 0 Å². The average molecular weight is 617 g/mol. The fourth-order valence-corrected chi connectivity index (χ4v) is 8.55. The Balaban J connectivity index is 0.000000168. The molecule has 2 saturated carbocycles. The Morgan fingerprint density at radius 2 is 0.952 bits per heavy atom. The number of para-hydroxylation sites is 2. The summed E-state index contributed by atoms with van der Waals surface area (Å²) in [7, 11) is -7.17. The standard InChI is InChI=1S/2C13H16N4O3S/c2*18-8-10-6-7-11(10)9-21(19,20)13-14-15-16-17(13)12-4-2-1-3-5-12/h2*1-5,10-11,18H,6-9H2/t2*10-,11-/m10/s1. The van der Waals surface area contributed by atoms with Crippen LogP contribution in [-0.4, -0.2) is 92.2 Å². The number of nitrogens with zero attached hydrogens (tertiary/aromatic N) is 8. The molecule has 2 aromatic heterocycles. The highest BCUT2D eigenvalue weighted by Crippen LogP contribution is 2.36. The summed E-state index contributed by atoms with van der Waals surface area (Å²) in [5.41, 5.74) is 1.21. The van der Waals surface area contributed by atoms with Gasteiger partial charge in [-0.3, -0.25) is 0 Å². The Labute approximate surface area is 243 Å². The van der Waals surface area contributed by atoms with E-state index in [1.54, 1.807) is 48.5 Å². The van der Waals surface area contributed by atoms with E-state index in [1.807, 2.05) is 12.1 Å². The lowest BCUT2D eigenvalue weighted by molar-refractivity contribution is 0.104. The van der Waals surface area contributed by atoms with E-state index in [9.17, 15) is 27.0 Å². The van der Waals surface area contributed by atoms with Gasteiger partial charge in [0.05, 0.1) is 22.9 Å². The summed E-state index contributed by atoms with van der Waals surface area (Å²) in [6.07, 6.45) is 3.38. The Morgan fingerprint density at radius 1 is 0.595 bits per heavy atom. The minimum Gasteiger partial charge on any atom is -0.396 e. The summed E-state index contributed by atoms with van der Waals surface area (Å²) in [5, 5.41) is 39.9. The van der Waals surface area contributed by atoms with Crippen molar-refractivity contribution in [3.63, 3.8) is 0 Å². The molecule has 0 amide bonds. The summed E-state index contributed by atoms with van der Waals surface area (Å²) in [6, 6.07) is 17.8. The molecule has 4 atom stereocenters. The van der Waals surface area contributed by atoms with Crippen molar-refractivity contribution in [3.8, 4) is 11.4 Å². The fourth-order valence-electron chi connectivity index (χ4n) is 5.12. The van der Waals surface area contributed by atoms with Gasteiger partial charge < -0.3 is 10.2 Å². The van der Waals surface area contributed by atoms with Gasteiger partial charge in [0.15, 0.2) is 0 Å². The van der Waals surface area contributed by atoms with Gasteiger partial charge in [-0.1, -0.05) is 46.6 Å². The monoisotopic (exact) mass is 616 g/mol. The number of tetrazole rings is 2. The molecule has 2 heterocycles. The van der Waals surface area contributed by atoms with Gasteiger partial charge in [0.25, 0.3) is 10.3 Å². The Morgan fingerprint density at radius 3 is 1.26 bits per heavy atom. The first-order valence-corrected chi connectivity index (χ1v) is 16.9. The van der Waals surface area contributed by atoms with Gasteiger partial charge in [-0.05, 0) is 94.5 Å². The lowest BCUT2D eigenvalue weighted by Gasteiger charge is -2.34. The van der Waals surface area contributed by atoms with Gasteiger partial charge in [-0.15, -0.1) is 0 Å². The van der Waals surface area contributed by atoms with Crippen molar-refractivity contribution in [2.45, 2.75) is 36.0 Å². The quantitative estimate of drug-likeness (QED) is 0.256. The van der Waals surface area contributed by atoms with E-state index in [1.165, 1.54) is 9.36 Å². The predicted molar refractivity (Wildman–Crippen MR) is 149 cm³/mol. The topological polar surface area (TPSA) is 196 Å². The molecule has 0 unspecified atom stereocenters. The van der Waals surface area contributed by atoms with Gasteiger partial charge in [0.1, 0.15) is 0 Å². The molecule has 2 aromatic carbocycles. The highest BCUT2D eigenvalue weighted by atomic mass is 32.2. The zero-order chi connectivity index (χ0) is 29.7. The molecule has 0 aliphatic heterocycles. The van der Waals surface area contributed by atoms with E-state index >= 15 is 0 Å². The molecule has 0 radical (unpaired) electrons. The summed E-state index contributed by atoms with van der Waals surface area (Å²) in [4.78, 5) is 0. The van der Waals surface area contributed by atoms with Crippen LogP contribution in [-0.2, 0) is 19.7 Å². The normalized spacial score (nSPS) is 22.0. The third-order valence-electron chi connectivity index (χ3n) is 7.93. The van der Waals surface area contributed by atoms with Crippen molar-refractivity contribution in [2.75, 3.05) is 24.7 Å². The SMILES string of the molecule is O=S(=O)(C[C@@H]1CC[C@H]1CO)c1nnnn1-c1ccccc1.O=S(=O)(C[C@H]1CC[C@@H]1CO)c1nnnn1-c1ccccc1. The average Bonchev–Trinajstić information content (AvgIpc) is 3.67. The van der Waals surface area contributed by atoms with Gasteiger partial charge >= 0.3 is 0 Å². The molecule has 2 aliphatic carbocycles. The number of hydrogen-bond donors (Lipinski definition) is 2. The highest BCUT2D eigenvalue weighted by molar-refractivity contribution is 7.91. The van der Waals surface area contributed by atoms with Crippen LogP contribution in [0.5, 0.6) is 0 Å². The maximum absolute atomic E-state index is 12.5. The minimum absolute atomic E-state index is 0.0130. The molecule has 42 heavy (non-hydrogen) atoms. The second-order valence-corrected chi connectivity index (χ2v) is 14.4. The molecule has 0 spiro atoms. The van der Waals surface area contributed by atoms with Crippen LogP contribution in [0.3, 0.4) is 0 Å². The molecule has 0 saturated heterocycles. The first-order chi connectivity index (χ1) is 20.2. The van der Waals surface area contributed by atoms with E-state index in [4.69, 9.17) is 0 Å². The highest BCUT2D eigenvalue weighted by Gasteiger charge is 2.37. The number of aliphatic hydroxyl groups is 2. The van der Waals surface area contributed by atoms with E-state index < -0.39 is 19.7 Å². The molecule has 4 aromatic rings. The van der Waals surface area contributed by atoms with Gasteiger partial charge in [-0.2, -0.15) is 9.36 Å². The molecule has 2 fully saturated rings. The smallest absolute Gasteiger partial charge is 0.272 e. The van der Waals surface area contributed by atoms with Crippen LogP contribution in [0.15, 0.2) is 71.0 Å². The van der Waals surface area contributed by atoms with Crippen LogP contribution >= 0.6 is 0 Å². The first-order valence-electron chi connectivity index (χ1n) is 13.6. The van der Waals surface area contributed by atoms with Crippen molar-refractivity contribution in [1.82, 2.24) is 40.4 Å². The predicted octanol–water partition coefficient (Wildman–Crippen LogP) is 0.909. The summed E-state index contributed by atoms with van der Waals surface area (Å²) in [5.74, 6) is 0.0696. The lowest BCUT2D eigenvalue weighted by Crippen LogP contribution is -2.35. The van der Waals surface area contributed by atoms with Crippen molar-refractivity contribution >= 4 is 19.7 Å². The van der Waals surface area contributed by atoms with Crippen molar-refractivity contribution in [3.05, 3.63) is 60.7 Å². The second-order valence-electron chi connectivity index (χ2n) is 10.5. The maximum Gasteiger partial charge on any atom is 0.272 e. The van der Waals surface area contributed by atoms with Crippen molar-refractivity contribution in [2.24, 2.45) is 23.7 Å². The third-order valence-corrected chi connectivity index (χ3v) is 11.3. The number of aliphatic hydroxyl groups excluding tert-OH is 2. The van der Waals surface area contributed by atoms with Gasteiger partial charge in [0, 0.05) is 13.2 Å². The molecule has 6 rings (SSSR count). The van der Waals surface area contributed by atoms with Gasteiger partial charge in [0.2, 0.25) is 19.7 Å². The van der Waals surface area contributed by atoms with Crippen molar-refractivity contribution < 1.29 is 27.0 Å². The summed E-state index contributed by atoms with van der Waals surface area (Å²) >= 11 is 0. The van der Waals surface area contributed by atoms with Crippen LogP contribution in [0.25, 0.3) is 11.4 Å². The van der Waals surface area contributed by atoms with E-state index in [0.29, 0.717) is 11.4 Å². The number of hydrogen-bond acceptors (Lipinski definition) is 12. The molecule has 2 N–H and O–H groups in total. The van der Waals surface area contributed by atoms with E-state index in [-0.39, 0.29) is 58.7 Å².